The quantitative estimate of drug-likeness (QED) is 0.575. The molecule has 2 aromatic rings. The van der Waals surface area contributed by atoms with Gasteiger partial charge in [-0.1, -0.05) is 6.07 Å². The first-order valence-electron chi connectivity index (χ1n) is 7.74. The predicted molar refractivity (Wildman–Crippen MR) is 93.4 cm³/mol. The van der Waals surface area contributed by atoms with Crippen LogP contribution in [-0.4, -0.2) is 27.0 Å². The van der Waals surface area contributed by atoms with Crippen LogP contribution in [0.3, 0.4) is 0 Å². The van der Waals surface area contributed by atoms with E-state index in [1.165, 1.54) is 32.6 Å². The van der Waals surface area contributed by atoms with Gasteiger partial charge in [0, 0.05) is 5.56 Å². The maximum atomic E-state index is 12.7. The first-order chi connectivity index (χ1) is 12.4. The molecule has 0 saturated heterocycles. The van der Waals surface area contributed by atoms with Crippen molar-refractivity contribution >= 4 is 11.9 Å². The predicted octanol–water partition coefficient (Wildman–Crippen LogP) is 4.57. The molecule has 0 atom stereocenters. The molecule has 2 aromatic carbocycles. The summed E-state index contributed by atoms with van der Waals surface area (Å²) in [5.74, 6) is 1.40. The van der Waals surface area contributed by atoms with Crippen molar-refractivity contribution in [3.05, 3.63) is 47.5 Å². The average Bonchev–Trinajstić information content (AvgIpc) is 2.62. The Morgan fingerprint density at radius 2 is 1.73 bits per heavy atom. The minimum Gasteiger partial charge on any atom is -0.493 e. The Morgan fingerprint density at radius 3 is 2.27 bits per heavy atom. The number of hydrazone groups is 1. The first-order valence-corrected chi connectivity index (χ1v) is 7.74. The minimum absolute atomic E-state index is 0.223. The molecule has 0 amide bonds. The van der Waals surface area contributed by atoms with E-state index in [0.29, 0.717) is 29.4 Å². The number of halogens is 3. The van der Waals surface area contributed by atoms with E-state index in [0.717, 1.165) is 12.1 Å². The summed E-state index contributed by atoms with van der Waals surface area (Å²) < 4.78 is 54.2. The Kier molecular flexibility index (Phi) is 6.32. The van der Waals surface area contributed by atoms with Crippen molar-refractivity contribution < 1.29 is 27.4 Å². The van der Waals surface area contributed by atoms with Gasteiger partial charge in [-0.2, -0.15) is 18.3 Å². The van der Waals surface area contributed by atoms with Crippen molar-refractivity contribution in [2.45, 2.75) is 13.1 Å². The van der Waals surface area contributed by atoms with Gasteiger partial charge >= 0.3 is 6.18 Å². The molecule has 0 bridgehead atoms. The molecule has 0 radical (unpaired) electrons. The number of rotatable bonds is 7. The largest absolute Gasteiger partial charge is 0.493 e. The van der Waals surface area contributed by atoms with Gasteiger partial charge in [-0.15, -0.1) is 0 Å². The van der Waals surface area contributed by atoms with Gasteiger partial charge in [0.15, 0.2) is 11.5 Å². The Hall–Kier alpha value is -2.90. The summed E-state index contributed by atoms with van der Waals surface area (Å²) in [5, 5.41) is 3.97. The molecule has 0 aliphatic heterocycles. The van der Waals surface area contributed by atoms with Crippen LogP contribution < -0.4 is 19.6 Å². The lowest BCUT2D eigenvalue weighted by molar-refractivity contribution is -0.137. The molecule has 2 rings (SSSR count). The van der Waals surface area contributed by atoms with E-state index < -0.39 is 11.7 Å². The molecule has 0 aliphatic carbocycles. The fraction of sp³-hybridized carbons (Fsp3) is 0.278. The second-order valence-corrected chi connectivity index (χ2v) is 5.14. The highest BCUT2D eigenvalue weighted by atomic mass is 19.4. The molecule has 0 aromatic heterocycles. The number of anilines is 1. The zero-order valence-electron chi connectivity index (χ0n) is 14.6. The number of benzene rings is 2. The summed E-state index contributed by atoms with van der Waals surface area (Å²) in [7, 11) is 3.00. The molecule has 8 heteroatoms. The number of alkyl halides is 3. The van der Waals surface area contributed by atoms with Crippen LogP contribution in [-0.2, 0) is 6.18 Å². The molecule has 0 unspecified atom stereocenters. The van der Waals surface area contributed by atoms with Crippen molar-refractivity contribution in [3.8, 4) is 17.2 Å². The van der Waals surface area contributed by atoms with E-state index in [1.54, 1.807) is 12.1 Å². The fourth-order valence-electron chi connectivity index (χ4n) is 2.21. The first kappa shape index (κ1) is 19.4. The minimum atomic E-state index is -4.41. The molecular formula is C18H19F3N2O3. The summed E-state index contributed by atoms with van der Waals surface area (Å²) in [6, 6.07) is 8.15. The second kappa shape index (κ2) is 8.46. The van der Waals surface area contributed by atoms with Gasteiger partial charge in [0.1, 0.15) is 0 Å². The fourth-order valence-corrected chi connectivity index (χ4v) is 2.21. The molecule has 0 fully saturated rings. The van der Waals surface area contributed by atoms with Crippen LogP contribution in [0.5, 0.6) is 17.2 Å². The number of nitrogens with one attached hydrogen (secondary N) is 1. The van der Waals surface area contributed by atoms with Gasteiger partial charge in [0.25, 0.3) is 0 Å². The van der Waals surface area contributed by atoms with Crippen molar-refractivity contribution in [2.75, 3.05) is 26.3 Å². The van der Waals surface area contributed by atoms with Crippen LogP contribution in [0.4, 0.5) is 18.9 Å². The molecule has 5 nitrogen and oxygen atoms in total. The normalized spacial score (nSPS) is 11.5. The summed E-state index contributed by atoms with van der Waals surface area (Å²) in [6.45, 7) is 2.28. The molecule has 0 aliphatic rings. The van der Waals surface area contributed by atoms with Gasteiger partial charge in [-0.3, -0.25) is 5.43 Å². The Labute approximate surface area is 149 Å². The average molecular weight is 368 g/mol. The smallest absolute Gasteiger partial charge is 0.416 e. The van der Waals surface area contributed by atoms with Gasteiger partial charge in [0.2, 0.25) is 5.75 Å². The summed E-state index contributed by atoms with van der Waals surface area (Å²) in [5.41, 5.74) is 2.68. The van der Waals surface area contributed by atoms with Crippen molar-refractivity contribution in [1.82, 2.24) is 0 Å². The van der Waals surface area contributed by atoms with E-state index in [1.807, 2.05) is 6.92 Å². The summed E-state index contributed by atoms with van der Waals surface area (Å²) in [6.07, 6.45) is -2.96. The third kappa shape index (κ3) is 4.81. The monoisotopic (exact) mass is 368 g/mol. The molecular weight excluding hydrogens is 349 g/mol. The Bertz CT molecular complexity index is 752. The van der Waals surface area contributed by atoms with Crippen LogP contribution in [0.1, 0.15) is 18.1 Å². The van der Waals surface area contributed by atoms with E-state index in [2.05, 4.69) is 10.5 Å². The summed E-state index contributed by atoms with van der Waals surface area (Å²) >= 11 is 0. The third-order valence-corrected chi connectivity index (χ3v) is 3.37. The number of ether oxygens (including phenoxy) is 3. The van der Waals surface area contributed by atoms with Gasteiger partial charge in [0.05, 0.1) is 38.3 Å². The topological polar surface area (TPSA) is 52.1 Å². The SMILES string of the molecule is CCOc1c(OC)cc(C=NNc2cccc(C(F)(F)F)c2)cc1OC. The number of hydrogen-bond acceptors (Lipinski definition) is 5. The zero-order chi connectivity index (χ0) is 19.2. The molecule has 140 valence electrons. The van der Waals surface area contributed by atoms with Crippen molar-refractivity contribution in [3.63, 3.8) is 0 Å². The van der Waals surface area contributed by atoms with Gasteiger partial charge in [-0.25, -0.2) is 0 Å². The number of nitrogens with zero attached hydrogens (tertiary/aromatic N) is 1. The highest BCUT2D eigenvalue weighted by Crippen LogP contribution is 2.38. The Balaban J connectivity index is 2.20. The third-order valence-electron chi connectivity index (χ3n) is 3.37. The molecule has 1 N–H and O–H groups in total. The molecule has 0 heterocycles. The maximum absolute atomic E-state index is 12.7. The standard InChI is InChI=1S/C18H19F3N2O3/c1-4-26-17-15(24-2)8-12(9-16(17)25-3)11-22-23-14-7-5-6-13(10-14)18(19,20)21/h5-11,23H,4H2,1-3H3. The zero-order valence-corrected chi connectivity index (χ0v) is 14.6. The van der Waals surface area contributed by atoms with Crippen LogP contribution in [0.2, 0.25) is 0 Å². The van der Waals surface area contributed by atoms with Crippen LogP contribution in [0.25, 0.3) is 0 Å². The lowest BCUT2D eigenvalue weighted by Gasteiger charge is -2.14. The molecule has 26 heavy (non-hydrogen) atoms. The lowest BCUT2D eigenvalue weighted by Crippen LogP contribution is -2.05. The number of hydrogen-bond donors (Lipinski definition) is 1. The molecule has 0 saturated carbocycles. The van der Waals surface area contributed by atoms with Gasteiger partial charge < -0.3 is 14.2 Å². The molecule has 0 spiro atoms. The lowest BCUT2D eigenvalue weighted by atomic mass is 10.2. The van der Waals surface area contributed by atoms with E-state index >= 15 is 0 Å². The number of methoxy groups -OCH3 is 2. The Morgan fingerprint density at radius 1 is 1.08 bits per heavy atom. The highest BCUT2D eigenvalue weighted by Gasteiger charge is 2.30. The second-order valence-electron chi connectivity index (χ2n) is 5.14. The van der Waals surface area contributed by atoms with Gasteiger partial charge in [-0.05, 0) is 37.3 Å². The summed E-state index contributed by atoms with van der Waals surface area (Å²) in [4.78, 5) is 0. The van der Waals surface area contributed by atoms with E-state index in [9.17, 15) is 13.2 Å². The van der Waals surface area contributed by atoms with Crippen molar-refractivity contribution in [2.24, 2.45) is 5.10 Å². The van der Waals surface area contributed by atoms with E-state index in [4.69, 9.17) is 14.2 Å². The van der Waals surface area contributed by atoms with Crippen LogP contribution >= 0.6 is 0 Å². The van der Waals surface area contributed by atoms with E-state index in [-0.39, 0.29) is 5.69 Å². The maximum Gasteiger partial charge on any atom is 0.416 e. The van der Waals surface area contributed by atoms with Crippen LogP contribution in [0.15, 0.2) is 41.5 Å². The van der Waals surface area contributed by atoms with Crippen molar-refractivity contribution in [1.29, 1.82) is 0 Å². The van der Waals surface area contributed by atoms with Crippen LogP contribution in [0, 0.1) is 0 Å². The highest BCUT2D eigenvalue weighted by molar-refractivity contribution is 5.83.